The summed E-state index contributed by atoms with van der Waals surface area (Å²) in [5.41, 5.74) is 1.56. The van der Waals surface area contributed by atoms with Gasteiger partial charge >= 0.3 is 0 Å². The van der Waals surface area contributed by atoms with Gasteiger partial charge in [0.05, 0.1) is 13.7 Å². The number of nitrogens with one attached hydrogen (secondary N) is 1. The lowest BCUT2D eigenvalue weighted by Gasteiger charge is -2.11. The second-order valence-corrected chi connectivity index (χ2v) is 3.82. The van der Waals surface area contributed by atoms with Crippen LogP contribution in [-0.4, -0.2) is 26.0 Å². The van der Waals surface area contributed by atoms with E-state index in [1.54, 1.807) is 19.2 Å². The number of ether oxygens (including phenoxy) is 2. The molecule has 1 aromatic carbocycles. The third-order valence-electron chi connectivity index (χ3n) is 2.79. The molecule has 0 saturated carbocycles. The van der Waals surface area contributed by atoms with Gasteiger partial charge in [0.2, 0.25) is 0 Å². The zero-order valence-electron chi connectivity index (χ0n) is 10.7. The topological polar surface area (TPSA) is 51.3 Å². The van der Waals surface area contributed by atoms with Crippen LogP contribution in [0.5, 0.6) is 11.6 Å². The van der Waals surface area contributed by atoms with Crippen molar-refractivity contribution in [2.75, 3.05) is 13.7 Å². The van der Waals surface area contributed by atoms with E-state index < -0.39 is 0 Å². The highest BCUT2D eigenvalue weighted by atomic mass is 16.5. The number of hydrogen-bond acceptors (Lipinski definition) is 3. The molecule has 2 rings (SSSR count). The van der Waals surface area contributed by atoms with Gasteiger partial charge in [-0.3, -0.25) is 4.79 Å². The van der Waals surface area contributed by atoms with Gasteiger partial charge in [-0.2, -0.15) is 0 Å². The lowest BCUT2D eigenvalue weighted by atomic mass is 9.71. The molecule has 0 aliphatic rings. The van der Waals surface area contributed by atoms with Crippen LogP contribution in [0.15, 0.2) is 23.0 Å². The molecule has 1 N–H and O–H groups in total. The third-order valence-corrected chi connectivity index (χ3v) is 2.79. The minimum absolute atomic E-state index is 0.0575. The molecule has 0 bridgehead atoms. The SMILES string of the molecule is C[B]c1c(OC)ccc2c(=O)cc(OCC)[nH]c12. The standard InChI is InChI=1S/C13H15BNO3/c1-4-18-11-7-9(16)8-5-6-10(17-3)12(14-2)13(8)15-11/h5-7H,4H2,1-3H3,(H,15,16). The van der Waals surface area contributed by atoms with E-state index in [-0.39, 0.29) is 5.43 Å². The number of hydrogen-bond donors (Lipinski definition) is 1. The van der Waals surface area contributed by atoms with E-state index in [9.17, 15) is 4.79 Å². The molecule has 0 unspecified atom stereocenters. The first-order valence-electron chi connectivity index (χ1n) is 5.87. The number of rotatable bonds is 4. The van der Waals surface area contributed by atoms with Crippen LogP contribution in [0.25, 0.3) is 10.9 Å². The molecule has 0 aliphatic carbocycles. The van der Waals surface area contributed by atoms with Crippen molar-refractivity contribution >= 4 is 23.6 Å². The Morgan fingerprint density at radius 3 is 2.78 bits per heavy atom. The first kappa shape index (κ1) is 12.5. The van der Waals surface area contributed by atoms with Gasteiger partial charge in [-0.15, -0.1) is 0 Å². The van der Waals surface area contributed by atoms with Crippen molar-refractivity contribution in [3.8, 4) is 11.6 Å². The summed E-state index contributed by atoms with van der Waals surface area (Å²) in [7, 11) is 3.52. The largest absolute Gasteiger partial charge is 0.497 e. The number of aromatic amines is 1. The number of methoxy groups -OCH3 is 1. The molecule has 0 spiro atoms. The van der Waals surface area contributed by atoms with Crippen LogP contribution in [0.1, 0.15) is 6.92 Å². The Balaban J connectivity index is 2.77. The Bertz CT molecular complexity index is 621. The number of pyridine rings is 1. The fourth-order valence-corrected chi connectivity index (χ4v) is 1.99. The smallest absolute Gasteiger partial charge is 0.195 e. The molecular formula is C13H15BNO3. The van der Waals surface area contributed by atoms with Gasteiger partial charge < -0.3 is 14.5 Å². The molecule has 0 atom stereocenters. The van der Waals surface area contributed by atoms with E-state index in [4.69, 9.17) is 9.47 Å². The van der Waals surface area contributed by atoms with Crippen LogP contribution in [0, 0.1) is 0 Å². The molecule has 0 amide bonds. The normalized spacial score (nSPS) is 10.4. The summed E-state index contributed by atoms with van der Waals surface area (Å²) in [6.45, 7) is 4.29. The van der Waals surface area contributed by atoms with Gasteiger partial charge in [0.25, 0.3) is 0 Å². The van der Waals surface area contributed by atoms with Gasteiger partial charge in [0.1, 0.15) is 5.75 Å². The number of benzene rings is 1. The van der Waals surface area contributed by atoms with Crippen LogP contribution in [0.4, 0.5) is 0 Å². The van der Waals surface area contributed by atoms with E-state index in [1.165, 1.54) is 6.07 Å². The van der Waals surface area contributed by atoms with Crippen molar-refractivity contribution < 1.29 is 9.47 Å². The lowest BCUT2D eigenvalue weighted by Crippen LogP contribution is -2.19. The van der Waals surface area contributed by atoms with Gasteiger partial charge in [-0.25, -0.2) is 0 Å². The molecule has 1 radical (unpaired) electrons. The summed E-state index contributed by atoms with van der Waals surface area (Å²) >= 11 is 0. The predicted octanol–water partition coefficient (Wildman–Crippen LogP) is 1.31. The van der Waals surface area contributed by atoms with Crippen molar-refractivity contribution in [3.63, 3.8) is 0 Å². The fraction of sp³-hybridized carbons (Fsp3) is 0.308. The summed E-state index contributed by atoms with van der Waals surface area (Å²) in [5, 5.41) is 0.632. The summed E-state index contributed by atoms with van der Waals surface area (Å²) in [5.74, 6) is 1.21. The van der Waals surface area contributed by atoms with Crippen LogP contribution < -0.4 is 20.4 Å². The Labute approximate surface area is 106 Å². The summed E-state index contributed by atoms with van der Waals surface area (Å²) in [6.07, 6.45) is 0. The zero-order chi connectivity index (χ0) is 13.1. The highest BCUT2D eigenvalue weighted by molar-refractivity contribution is 6.56. The van der Waals surface area contributed by atoms with Crippen molar-refractivity contribution in [1.82, 2.24) is 4.98 Å². The number of fused-ring (bicyclic) bond motifs is 1. The van der Waals surface area contributed by atoms with Crippen molar-refractivity contribution in [2.45, 2.75) is 13.7 Å². The zero-order valence-corrected chi connectivity index (χ0v) is 10.7. The van der Waals surface area contributed by atoms with Gasteiger partial charge in [0.15, 0.2) is 18.6 Å². The quantitative estimate of drug-likeness (QED) is 0.825. The van der Waals surface area contributed by atoms with Gasteiger partial charge in [-0.05, 0) is 24.5 Å². The molecule has 18 heavy (non-hydrogen) atoms. The molecule has 0 aliphatic heterocycles. The predicted molar refractivity (Wildman–Crippen MR) is 73.5 cm³/mol. The van der Waals surface area contributed by atoms with E-state index in [0.29, 0.717) is 17.9 Å². The minimum Gasteiger partial charge on any atom is -0.497 e. The van der Waals surface area contributed by atoms with Gasteiger partial charge in [-0.1, -0.05) is 6.82 Å². The summed E-state index contributed by atoms with van der Waals surface area (Å²) in [6, 6.07) is 5.03. The van der Waals surface area contributed by atoms with Crippen molar-refractivity contribution in [1.29, 1.82) is 0 Å². The Hall–Kier alpha value is -1.91. The van der Waals surface area contributed by atoms with Crippen LogP contribution in [-0.2, 0) is 0 Å². The number of aromatic nitrogens is 1. The maximum absolute atomic E-state index is 12.0. The lowest BCUT2D eigenvalue weighted by molar-refractivity contribution is 0.328. The van der Waals surface area contributed by atoms with Crippen LogP contribution >= 0.6 is 0 Å². The molecule has 2 aromatic rings. The van der Waals surface area contributed by atoms with E-state index in [1.807, 2.05) is 21.0 Å². The third kappa shape index (κ3) is 2.08. The maximum Gasteiger partial charge on any atom is 0.195 e. The first-order valence-corrected chi connectivity index (χ1v) is 5.87. The highest BCUT2D eigenvalue weighted by Gasteiger charge is 2.11. The van der Waals surface area contributed by atoms with E-state index >= 15 is 0 Å². The molecule has 93 valence electrons. The maximum atomic E-state index is 12.0. The Kier molecular flexibility index (Phi) is 3.60. The highest BCUT2D eigenvalue weighted by Crippen LogP contribution is 2.16. The van der Waals surface area contributed by atoms with Gasteiger partial charge in [0, 0.05) is 17.0 Å². The molecule has 1 heterocycles. The van der Waals surface area contributed by atoms with Crippen LogP contribution in [0.3, 0.4) is 0 Å². The second kappa shape index (κ2) is 5.17. The Morgan fingerprint density at radius 2 is 2.17 bits per heavy atom. The average Bonchev–Trinajstić information content (AvgIpc) is 2.37. The average molecular weight is 244 g/mol. The second-order valence-electron chi connectivity index (χ2n) is 3.82. The molecular weight excluding hydrogens is 229 g/mol. The van der Waals surface area contributed by atoms with Crippen molar-refractivity contribution in [2.24, 2.45) is 0 Å². The molecule has 0 saturated heterocycles. The Morgan fingerprint density at radius 1 is 1.39 bits per heavy atom. The summed E-state index contributed by atoms with van der Waals surface area (Å²) < 4.78 is 10.6. The van der Waals surface area contributed by atoms with E-state index in [2.05, 4.69) is 4.98 Å². The summed E-state index contributed by atoms with van der Waals surface area (Å²) in [4.78, 5) is 15.1. The monoisotopic (exact) mass is 244 g/mol. The van der Waals surface area contributed by atoms with Crippen LogP contribution in [0.2, 0.25) is 6.82 Å². The minimum atomic E-state index is -0.0575. The first-order chi connectivity index (χ1) is 8.71. The molecule has 4 nitrogen and oxygen atoms in total. The van der Waals surface area contributed by atoms with E-state index in [0.717, 1.165) is 16.7 Å². The molecule has 0 fully saturated rings. The number of H-pyrrole nitrogens is 1. The molecule has 1 aromatic heterocycles. The van der Waals surface area contributed by atoms with Crippen molar-refractivity contribution in [3.05, 3.63) is 28.4 Å². The fourth-order valence-electron chi connectivity index (χ4n) is 1.99. The molecule has 5 heteroatoms.